The molecule has 1 aliphatic rings. The molecule has 0 saturated carbocycles. The molecule has 4 rings (SSSR count). The van der Waals surface area contributed by atoms with Crippen molar-refractivity contribution in [2.45, 2.75) is 65.0 Å². The number of benzene rings is 2. The van der Waals surface area contributed by atoms with Gasteiger partial charge in [-0.3, -0.25) is 19.7 Å². The zero-order chi connectivity index (χ0) is 29.0. The summed E-state index contributed by atoms with van der Waals surface area (Å²) in [5.74, 6) is -0.348. The molecule has 0 radical (unpaired) electrons. The standard InChI is InChI=1S/C32H37N3O4S/c1-6-22(2)34(29(36)16-9-23-7-14-26(15-8-23)35(38)39)21-30(37)33-19-17-28-27(18-20-40-28)31(33)24-10-12-25(13-11-24)32(3,4)5/h7-16,18,20,22,31H,6,17,19,21H2,1-5H3. The molecule has 1 aliphatic heterocycles. The van der Waals surface area contributed by atoms with Crippen LogP contribution in [0.4, 0.5) is 5.69 Å². The van der Waals surface area contributed by atoms with Crippen molar-refractivity contribution in [3.63, 3.8) is 0 Å². The molecular formula is C32H37N3O4S. The summed E-state index contributed by atoms with van der Waals surface area (Å²) in [4.78, 5) is 42.5. The second kappa shape index (κ2) is 12.2. The predicted molar refractivity (Wildman–Crippen MR) is 160 cm³/mol. The predicted octanol–water partition coefficient (Wildman–Crippen LogP) is 6.77. The molecule has 2 amide bonds. The summed E-state index contributed by atoms with van der Waals surface area (Å²) in [5.41, 5.74) is 4.17. The lowest BCUT2D eigenvalue weighted by molar-refractivity contribution is -0.384. The molecule has 2 unspecified atom stereocenters. The first-order chi connectivity index (χ1) is 19.0. The number of rotatable bonds is 8. The van der Waals surface area contributed by atoms with Crippen LogP contribution in [0.25, 0.3) is 6.08 Å². The van der Waals surface area contributed by atoms with Gasteiger partial charge in [0.05, 0.1) is 11.0 Å². The summed E-state index contributed by atoms with van der Waals surface area (Å²) in [5, 5.41) is 13.0. The molecule has 210 valence electrons. The third-order valence-electron chi connectivity index (χ3n) is 7.61. The highest BCUT2D eigenvalue weighted by Crippen LogP contribution is 2.38. The van der Waals surface area contributed by atoms with E-state index in [-0.39, 0.29) is 41.5 Å². The number of hydrogen-bond acceptors (Lipinski definition) is 5. The van der Waals surface area contributed by atoms with Crippen LogP contribution in [0.1, 0.15) is 74.2 Å². The largest absolute Gasteiger partial charge is 0.330 e. The number of carbonyl (C=O) groups excluding carboxylic acids is 2. The molecule has 40 heavy (non-hydrogen) atoms. The van der Waals surface area contributed by atoms with E-state index in [4.69, 9.17) is 0 Å². The minimum Gasteiger partial charge on any atom is -0.330 e. The summed E-state index contributed by atoms with van der Waals surface area (Å²) in [6.45, 7) is 11.1. The second-order valence-corrected chi connectivity index (χ2v) is 12.3. The SMILES string of the molecule is CCC(C)N(CC(=O)N1CCc2sccc2C1c1ccc(C(C)(C)C)cc1)C(=O)C=Cc1ccc([N+](=O)[O-])cc1. The Kier molecular flexibility index (Phi) is 8.88. The van der Waals surface area contributed by atoms with Crippen molar-refractivity contribution in [3.05, 3.63) is 103 Å². The normalized spacial score (nSPS) is 16.0. The third kappa shape index (κ3) is 6.50. The number of hydrogen-bond donors (Lipinski definition) is 0. The van der Waals surface area contributed by atoms with Gasteiger partial charge in [-0.15, -0.1) is 11.3 Å². The number of non-ortho nitro benzene ring substituents is 1. The molecule has 1 aromatic heterocycles. The topological polar surface area (TPSA) is 83.8 Å². The Morgan fingerprint density at radius 3 is 2.40 bits per heavy atom. The smallest absolute Gasteiger partial charge is 0.269 e. The van der Waals surface area contributed by atoms with Gasteiger partial charge in [0.15, 0.2) is 0 Å². The van der Waals surface area contributed by atoms with Gasteiger partial charge in [0.1, 0.15) is 6.54 Å². The van der Waals surface area contributed by atoms with E-state index in [1.165, 1.54) is 28.6 Å². The van der Waals surface area contributed by atoms with Crippen LogP contribution < -0.4 is 0 Å². The fourth-order valence-corrected chi connectivity index (χ4v) is 5.89. The molecule has 0 bridgehead atoms. The molecule has 0 N–H and O–H groups in total. The average Bonchev–Trinajstić information content (AvgIpc) is 3.42. The maximum atomic E-state index is 13.9. The summed E-state index contributed by atoms with van der Waals surface area (Å²) in [6, 6.07) is 16.4. The maximum absolute atomic E-state index is 13.9. The highest BCUT2D eigenvalue weighted by Gasteiger charge is 2.34. The van der Waals surface area contributed by atoms with Crippen LogP contribution in [-0.4, -0.2) is 45.7 Å². The Hall–Kier alpha value is -3.78. The molecule has 0 fully saturated rings. The summed E-state index contributed by atoms with van der Waals surface area (Å²) in [7, 11) is 0. The van der Waals surface area contributed by atoms with Gasteiger partial charge in [0.25, 0.3) is 5.69 Å². The van der Waals surface area contributed by atoms with Gasteiger partial charge in [0.2, 0.25) is 11.8 Å². The molecule has 8 heteroatoms. The van der Waals surface area contributed by atoms with Gasteiger partial charge in [-0.1, -0.05) is 52.0 Å². The summed E-state index contributed by atoms with van der Waals surface area (Å²) in [6.07, 6.45) is 4.57. The number of nitrogens with zero attached hydrogens (tertiary/aromatic N) is 3. The van der Waals surface area contributed by atoms with Gasteiger partial charge in [-0.2, -0.15) is 0 Å². The summed E-state index contributed by atoms with van der Waals surface area (Å²) < 4.78 is 0. The number of amides is 2. The van der Waals surface area contributed by atoms with Crippen molar-refractivity contribution < 1.29 is 14.5 Å². The van der Waals surface area contributed by atoms with Crippen LogP contribution in [-0.2, 0) is 21.4 Å². The Labute approximate surface area is 240 Å². The highest BCUT2D eigenvalue weighted by molar-refractivity contribution is 7.10. The number of thiophene rings is 1. The zero-order valence-corrected chi connectivity index (χ0v) is 24.6. The van der Waals surface area contributed by atoms with Gasteiger partial charge in [0, 0.05) is 35.7 Å². The van der Waals surface area contributed by atoms with Crippen LogP contribution in [0.3, 0.4) is 0 Å². The van der Waals surface area contributed by atoms with Crippen molar-refractivity contribution in [3.8, 4) is 0 Å². The van der Waals surface area contributed by atoms with Crippen LogP contribution >= 0.6 is 11.3 Å². The van der Waals surface area contributed by atoms with E-state index in [0.717, 1.165) is 17.5 Å². The highest BCUT2D eigenvalue weighted by atomic mass is 32.1. The summed E-state index contributed by atoms with van der Waals surface area (Å²) >= 11 is 1.73. The first-order valence-electron chi connectivity index (χ1n) is 13.7. The number of nitro groups is 1. The van der Waals surface area contributed by atoms with Crippen molar-refractivity contribution in [1.82, 2.24) is 9.80 Å². The van der Waals surface area contributed by atoms with E-state index < -0.39 is 4.92 Å². The van der Waals surface area contributed by atoms with E-state index in [1.807, 2.05) is 18.7 Å². The van der Waals surface area contributed by atoms with Crippen LogP contribution in [0.15, 0.2) is 66.1 Å². The fourth-order valence-electron chi connectivity index (χ4n) is 4.99. The minimum absolute atomic E-state index is 0.00628. The number of carbonyl (C=O) groups is 2. The van der Waals surface area contributed by atoms with Crippen molar-refractivity contribution in [2.24, 2.45) is 0 Å². The maximum Gasteiger partial charge on any atom is 0.269 e. The molecule has 0 saturated heterocycles. The van der Waals surface area contributed by atoms with Crippen molar-refractivity contribution in [2.75, 3.05) is 13.1 Å². The molecule has 2 atom stereocenters. The van der Waals surface area contributed by atoms with Crippen LogP contribution in [0.5, 0.6) is 0 Å². The average molecular weight is 560 g/mol. The lowest BCUT2D eigenvalue weighted by Gasteiger charge is -2.38. The van der Waals surface area contributed by atoms with Crippen molar-refractivity contribution in [1.29, 1.82) is 0 Å². The Morgan fingerprint density at radius 2 is 1.80 bits per heavy atom. The Morgan fingerprint density at radius 1 is 1.12 bits per heavy atom. The molecule has 3 aromatic rings. The van der Waals surface area contributed by atoms with Crippen LogP contribution in [0, 0.1) is 10.1 Å². The lowest BCUT2D eigenvalue weighted by atomic mass is 9.85. The third-order valence-corrected chi connectivity index (χ3v) is 8.61. The molecule has 0 aliphatic carbocycles. The van der Waals surface area contributed by atoms with E-state index in [9.17, 15) is 19.7 Å². The zero-order valence-electron chi connectivity index (χ0n) is 23.8. The molecule has 2 aromatic carbocycles. The second-order valence-electron chi connectivity index (χ2n) is 11.3. The van der Waals surface area contributed by atoms with Crippen LogP contribution in [0.2, 0.25) is 0 Å². The quantitative estimate of drug-likeness (QED) is 0.173. The monoisotopic (exact) mass is 559 g/mol. The van der Waals surface area contributed by atoms with E-state index in [0.29, 0.717) is 18.5 Å². The van der Waals surface area contributed by atoms with E-state index in [1.54, 1.807) is 34.4 Å². The lowest BCUT2D eigenvalue weighted by Crippen LogP contribution is -2.48. The Balaban J connectivity index is 1.57. The van der Waals surface area contributed by atoms with Crippen molar-refractivity contribution >= 4 is 34.9 Å². The van der Waals surface area contributed by atoms with Gasteiger partial charge >= 0.3 is 0 Å². The molecule has 2 heterocycles. The molecular weight excluding hydrogens is 522 g/mol. The number of nitro benzene ring substituents is 1. The first kappa shape index (κ1) is 29.2. The minimum atomic E-state index is -0.458. The number of fused-ring (bicyclic) bond motifs is 1. The van der Waals surface area contributed by atoms with E-state index >= 15 is 0 Å². The Bertz CT molecular complexity index is 1390. The van der Waals surface area contributed by atoms with Gasteiger partial charge in [-0.05, 0) is 77.1 Å². The van der Waals surface area contributed by atoms with E-state index in [2.05, 4.69) is 56.5 Å². The molecule has 7 nitrogen and oxygen atoms in total. The van der Waals surface area contributed by atoms with Gasteiger partial charge < -0.3 is 9.80 Å². The fraction of sp³-hybridized carbons (Fsp3) is 0.375. The molecule has 0 spiro atoms. The van der Waals surface area contributed by atoms with Gasteiger partial charge in [-0.25, -0.2) is 0 Å². The first-order valence-corrected chi connectivity index (χ1v) is 14.6.